The van der Waals surface area contributed by atoms with Crippen LogP contribution in [0.15, 0.2) is 109 Å². The summed E-state index contributed by atoms with van der Waals surface area (Å²) in [5.41, 5.74) is 7.17. The van der Waals surface area contributed by atoms with Gasteiger partial charge in [0.2, 0.25) is 5.88 Å². The fourth-order valence-electron chi connectivity index (χ4n) is 5.67. The zero-order valence-electron chi connectivity index (χ0n) is 24.1. The highest BCUT2D eigenvalue weighted by Gasteiger charge is 2.17. The van der Waals surface area contributed by atoms with Gasteiger partial charge in [-0.05, 0) is 83.1 Å². The molecule has 0 unspecified atom stereocenters. The maximum atomic E-state index is 10.8. The van der Waals surface area contributed by atoms with E-state index in [2.05, 4.69) is 91.8 Å². The van der Waals surface area contributed by atoms with Crippen LogP contribution < -0.4 is 4.74 Å². The van der Waals surface area contributed by atoms with Crippen molar-refractivity contribution < 1.29 is 9.84 Å². The molecule has 5 heteroatoms. The van der Waals surface area contributed by atoms with Gasteiger partial charge >= 0.3 is 0 Å². The van der Waals surface area contributed by atoms with Crippen LogP contribution in [-0.4, -0.2) is 19.6 Å². The van der Waals surface area contributed by atoms with Crippen LogP contribution in [0, 0.1) is 6.92 Å². The Balaban J connectivity index is 1.29. The first-order valence-corrected chi connectivity index (χ1v) is 14.1. The van der Waals surface area contributed by atoms with Crippen LogP contribution in [0.4, 0.5) is 0 Å². The summed E-state index contributed by atoms with van der Waals surface area (Å²) in [6.45, 7) is 8.70. The smallest absolute Gasteiger partial charge is 0.219 e. The van der Waals surface area contributed by atoms with E-state index in [1.54, 1.807) is 6.07 Å². The summed E-state index contributed by atoms with van der Waals surface area (Å²) in [5, 5.41) is 13.9. The molecule has 0 aliphatic carbocycles. The summed E-state index contributed by atoms with van der Waals surface area (Å²) in [7, 11) is 0. The number of phenols is 1. The molecular formula is C37H31N3O2. The fourth-order valence-corrected chi connectivity index (χ4v) is 5.67. The number of pyridine rings is 2. The van der Waals surface area contributed by atoms with E-state index in [-0.39, 0.29) is 11.2 Å². The molecule has 206 valence electrons. The summed E-state index contributed by atoms with van der Waals surface area (Å²) >= 11 is 0. The molecule has 7 rings (SSSR count). The second-order valence-electron chi connectivity index (χ2n) is 11.8. The SMILES string of the molecule is Cc1ccnc(-n2c3ccccc3c3ccc(Oc4ccc5c(-c6ccc(C(C)(C)C)cc6)ccc(O)c5n4)cc32)c1. The number of nitrogens with zero attached hydrogens (tertiary/aromatic N) is 3. The average Bonchev–Trinajstić information content (AvgIpc) is 3.31. The third kappa shape index (κ3) is 4.44. The molecule has 3 heterocycles. The normalized spacial score (nSPS) is 11.9. The Bertz CT molecular complexity index is 2120. The van der Waals surface area contributed by atoms with Gasteiger partial charge in [0.1, 0.15) is 22.8 Å². The third-order valence-electron chi connectivity index (χ3n) is 7.87. The molecule has 5 nitrogen and oxygen atoms in total. The zero-order valence-corrected chi connectivity index (χ0v) is 24.1. The standard InChI is InChI=1S/C37H31N3O2/c1-23-19-20-38-34(21-23)40-31-8-6-5-7-28(31)29-14-13-26(22-32(29)40)42-35-18-16-30-27(15-17-33(41)36(30)39-35)24-9-11-25(12-10-24)37(2,3)4/h5-22,41H,1-4H3. The highest BCUT2D eigenvalue weighted by molar-refractivity contribution is 6.09. The summed E-state index contributed by atoms with van der Waals surface area (Å²) in [6.07, 6.45) is 1.84. The number of aromatic nitrogens is 3. The largest absolute Gasteiger partial charge is 0.506 e. The maximum absolute atomic E-state index is 10.8. The van der Waals surface area contributed by atoms with Gasteiger partial charge in [-0.25, -0.2) is 9.97 Å². The Kier molecular flexibility index (Phi) is 5.98. The monoisotopic (exact) mass is 549 g/mol. The van der Waals surface area contributed by atoms with Gasteiger partial charge in [-0.15, -0.1) is 0 Å². The number of aromatic hydroxyl groups is 1. The maximum Gasteiger partial charge on any atom is 0.219 e. The van der Waals surface area contributed by atoms with Gasteiger partial charge in [-0.3, -0.25) is 4.57 Å². The average molecular weight is 550 g/mol. The van der Waals surface area contributed by atoms with Crippen molar-refractivity contribution in [1.82, 2.24) is 14.5 Å². The van der Waals surface area contributed by atoms with Gasteiger partial charge in [0, 0.05) is 34.5 Å². The number of benzene rings is 4. The van der Waals surface area contributed by atoms with E-state index in [1.165, 1.54) is 5.56 Å². The van der Waals surface area contributed by atoms with Crippen LogP contribution in [0.25, 0.3) is 49.7 Å². The van der Waals surface area contributed by atoms with Crippen LogP contribution >= 0.6 is 0 Å². The molecule has 0 bridgehead atoms. The van der Waals surface area contributed by atoms with Crippen molar-refractivity contribution in [3.63, 3.8) is 0 Å². The number of ether oxygens (including phenoxy) is 1. The molecule has 0 spiro atoms. The van der Waals surface area contributed by atoms with Crippen molar-refractivity contribution in [2.24, 2.45) is 0 Å². The number of fused-ring (bicyclic) bond motifs is 4. The first kappa shape index (κ1) is 25.8. The molecule has 42 heavy (non-hydrogen) atoms. The molecule has 7 aromatic rings. The molecule has 0 radical (unpaired) electrons. The van der Waals surface area contributed by atoms with E-state index >= 15 is 0 Å². The molecule has 0 fully saturated rings. The van der Waals surface area contributed by atoms with Gasteiger partial charge in [-0.2, -0.15) is 0 Å². The van der Waals surface area contributed by atoms with Crippen molar-refractivity contribution in [1.29, 1.82) is 0 Å². The fraction of sp³-hybridized carbons (Fsp3) is 0.135. The number of aryl methyl sites for hydroxylation is 1. The Morgan fingerprint density at radius 1 is 0.738 bits per heavy atom. The quantitative estimate of drug-likeness (QED) is 0.237. The minimum atomic E-state index is 0.0806. The summed E-state index contributed by atoms with van der Waals surface area (Å²) in [4.78, 5) is 9.41. The number of phenolic OH excluding ortho intramolecular Hbond substituents is 1. The summed E-state index contributed by atoms with van der Waals surface area (Å²) in [5.74, 6) is 2.04. The highest BCUT2D eigenvalue weighted by atomic mass is 16.5. The van der Waals surface area contributed by atoms with Crippen LogP contribution in [0.3, 0.4) is 0 Å². The molecule has 4 aromatic carbocycles. The molecule has 0 saturated heterocycles. The van der Waals surface area contributed by atoms with Gasteiger partial charge < -0.3 is 9.84 Å². The highest BCUT2D eigenvalue weighted by Crippen LogP contribution is 2.38. The zero-order chi connectivity index (χ0) is 29.0. The van der Waals surface area contributed by atoms with Crippen molar-refractivity contribution in [2.75, 3.05) is 0 Å². The summed E-state index contributed by atoms with van der Waals surface area (Å²) in [6, 6.07) is 34.6. The molecule has 0 atom stereocenters. The minimum absolute atomic E-state index is 0.0806. The van der Waals surface area contributed by atoms with E-state index in [4.69, 9.17) is 9.72 Å². The second kappa shape index (κ2) is 9.74. The lowest BCUT2D eigenvalue weighted by Gasteiger charge is -2.19. The number of rotatable bonds is 4. The molecule has 3 aromatic heterocycles. The van der Waals surface area contributed by atoms with Crippen molar-refractivity contribution >= 4 is 32.7 Å². The van der Waals surface area contributed by atoms with E-state index < -0.39 is 0 Å². The van der Waals surface area contributed by atoms with Crippen molar-refractivity contribution in [2.45, 2.75) is 33.1 Å². The number of para-hydroxylation sites is 1. The lowest BCUT2D eigenvalue weighted by atomic mass is 9.86. The summed E-state index contributed by atoms with van der Waals surface area (Å²) < 4.78 is 8.47. The Hall–Kier alpha value is -5.16. The van der Waals surface area contributed by atoms with Crippen molar-refractivity contribution in [3.05, 3.63) is 120 Å². The Labute approximate surface area is 244 Å². The molecule has 0 saturated carbocycles. The topological polar surface area (TPSA) is 60.2 Å². The first-order chi connectivity index (χ1) is 20.3. The molecule has 0 aliphatic rings. The Morgan fingerprint density at radius 3 is 2.29 bits per heavy atom. The molecule has 0 aliphatic heterocycles. The first-order valence-electron chi connectivity index (χ1n) is 14.1. The lowest BCUT2D eigenvalue weighted by Crippen LogP contribution is -2.10. The number of hydrogen-bond donors (Lipinski definition) is 1. The van der Waals surface area contributed by atoms with Gasteiger partial charge in [0.25, 0.3) is 0 Å². The van der Waals surface area contributed by atoms with Crippen LogP contribution in [0.2, 0.25) is 0 Å². The minimum Gasteiger partial charge on any atom is -0.506 e. The van der Waals surface area contributed by atoms with Crippen LogP contribution in [-0.2, 0) is 5.41 Å². The van der Waals surface area contributed by atoms with Crippen molar-refractivity contribution in [3.8, 4) is 34.3 Å². The van der Waals surface area contributed by atoms with Gasteiger partial charge in [0.05, 0.1) is 11.0 Å². The lowest BCUT2D eigenvalue weighted by molar-refractivity contribution is 0.460. The van der Waals surface area contributed by atoms with Gasteiger partial charge in [0.15, 0.2) is 0 Å². The molecule has 1 N–H and O–H groups in total. The molecule has 0 amide bonds. The second-order valence-corrected chi connectivity index (χ2v) is 11.8. The van der Waals surface area contributed by atoms with E-state index in [0.717, 1.165) is 49.7 Å². The van der Waals surface area contributed by atoms with E-state index in [1.807, 2.05) is 48.7 Å². The van der Waals surface area contributed by atoms with E-state index in [9.17, 15) is 5.11 Å². The van der Waals surface area contributed by atoms with Crippen LogP contribution in [0.5, 0.6) is 17.4 Å². The predicted molar refractivity (Wildman–Crippen MR) is 171 cm³/mol. The van der Waals surface area contributed by atoms with Crippen LogP contribution in [0.1, 0.15) is 31.9 Å². The van der Waals surface area contributed by atoms with Gasteiger partial charge in [-0.1, -0.05) is 63.2 Å². The van der Waals surface area contributed by atoms with E-state index in [0.29, 0.717) is 17.1 Å². The predicted octanol–water partition coefficient (Wildman–Crippen LogP) is 9.50. The number of hydrogen-bond acceptors (Lipinski definition) is 4. The third-order valence-corrected chi connectivity index (χ3v) is 7.87. The Morgan fingerprint density at radius 2 is 1.50 bits per heavy atom. The molecular weight excluding hydrogens is 518 g/mol.